The molecule has 0 radical (unpaired) electrons. The molecule has 2 aromatic carbocycles. The Hall–Kier alpha value is -2.62. The Morgan fingerprint density at radius 2 is 0.737 bits per heavy atom. The number of hydrogen-bond donors (Lipinski definition) is 0. The van der Waals surface area contributed by atoms with E-state index >= 15 is 0 Å². The number of para-hydroxylation sites is 2. The van der Waals surface area contributed by atoms with Crippen LogP contribution in [0.1, 0.15) is 0 Å². The van der Waals surface area contributed by atoms with Gasteiger partial charge in [0.05, 0.1) is 21.2 Å². The normalized spacial score (nSPS) is 6.89. The molecule has 12 N–H and O–H groups in total. The van der Waals surface area contributed by atoms with Gasteiger partial charge in [-0.25, -0.2) is 0 Å². The minimum absolute atomic E-state index is 0. The Kier molecular flexibility index (Phi) is 57.1. The average molecular weight is 944 g/mol. The Bertz CT molecular complexity index is 843. The summed E-state index contributed by atoms with van der Waals surface area (Å²) in [6.45, 7) is 0. The Morgan fingerprint density at radius 3 is 0.974 bits per heavy atom. The molecule has 4 rings (SSSR count). The fraction of sp³-hybridized carbons (Fsp3) is 0. The first-order chi connectivity index (χ1) is 15.4. The van der Waals surface area contributed by atoms with Gasteiger partial charge >= 0.3 is 56.4 Å². The van der Waals surface area contributed by atoms with Crippen LogP contribution in [0.3, 0.4) is 0 Å². The first-order valence-corrected chi connectivity index (χ1v) is 13.5. The topological polar surface area (TPSA) is 355 Å². The quantitative estimate of drug-likeness (QED) is 0.136. The van der Waals surface area contributed by atoms with E-state index in [1.54, 1.807) is 37.5 Å². The van der Waals surface area contributed by atoms with E-state index in [0.717, 1.165) is 11.0 Å². The maximum Gasteiger partial charge on any atom is 0.0701 e. The van der Waals surface area contributed by atoms with Gasteiger partial charge in [0.2, 0.25) is 0 Å². The number of nitrogens with two attached hydrogens (primary N) is 4. The summed E-state index contributed by atoms with van der Waals surface area (Å²) in [7, 11) is 9.22. The van der Waals surface area contributed by atoms with E-state index in [0.29, 0.717) is 0 Å². The van der Waals surface area contributed by atoms with Crippen LogP contribution in [-0.2, 0) is 37.5 Å². The summed E-state index contributed by atoms with van der Waals surface area (Å²) in [5.41, 5.74) is 2.12. The van der Waals surface area contributed by atoms with Crippen LogP contribution in [0.4, 0.5) is 0 Å². The number of rotatable bonds is 0. The third-order valence-corrected chi connectivity index (χ3v) is 3.02. The van der Waals surface area contributed by atoms with Crippen molar-refractivity contribution in [1.82, 2.24) is 9.97 Å². The van der Waals surface area contributed by atoms with Crippen molar-refractivity contribution < 1.29 is 58.7 Å². The van der Waals surface area contributed by atoms with Crippen LogP contribution in [0.2, 0.25) is 0 Å². The van der Waals surface area contributed by atoms with Crippen LogP contribution in [0.5, 0.6) is 0 Å². The molecule has 0 aliphatic rings. The van der Waals surface area contributed by atoms with Crippen LogP contribution in [0, 0.1) is 30.6 Å². The molecule has 20 heteroatoms. The standard InChI is InChI=1S/2C9H7N.2ClH.2NO3.4H2N.2H2O.2Pt/c2*1-2-6-9-8(4-1)5-3-7-10-9;;;2*2-1(3)4;;;;;;;;/h2*1-7H;2*1H;;;6*1H2;;/q;;;;6*-1;;;2*+1/p-2. The van der Waals surface area contributed by atoms with Gasteiger partial charge < -0.3 is 66.2 Å². The molecule has 0 bridgehead atoms. The molecular formula is C18H26Cl2N8O8Pt2-6. The second kappa shape index (κ2) is 38.9. The molecule has 2 heterocycles. The first-order valence-electron chi connectivity index (χ1n) is 7.86. The van der Waals surface area contributed by atoms with Gasteiger partial charge in [-0.15, -0.1) is 0 Å². The smallest absolute Gasteiger partial charge is 0.0701 e. The SMILES string of the molecule is O.O.O=[N+]([O-])[O-].O=[N+]([O-])[O-].[Cl][Pt].[Cl][Pt].[NH2-].[NH2-].[NH2-].[NH2-].c1ccc2ncccc2c1.c1ccc2ncccc2c1. The third kappa shape index (κ3) is 31.4. The minimum Gasteiger partial charge on any atom is -0.693 e. The fourth-order valence-corrected chi connectivity index (χ4v) is 2.03. The van der Waals surface area contributed by atoms with Crippen LogP contribution in [-0.4, -0.2) is 31.1 Å². The molecule has 0 aliphatic heterocycles. The summed E-state index contributed by atoms with van der Waals surface area (Å²) >= 11 is 3.22. The van der Waals surface area contributed by atoms with Gasteiger partial charge in [0, 0.05) is 23.2 Å². The van der Waals surface area contributed by atoms with Crippen LogP contribution >= 0.6 is 18.8 Å². The zero-order chi connectivity index (χ0) is 24.8. The molecule has 0 amide bonds. The summed E-state index contributed by atoms with van der Waals surface area (Å²) < 4.78 is 0. The molecule has 16 nitrogen and oxygen atoms in total. The monoisotopic (exact) mass is 942 g/mol. The van der Waals surface area contributed by atoms with Crippen molar-refractivity contribution in [1.29, 1.82) is 0 Å². The van der Waals surface area contributed by atoms with E-state index in [1.807, 2.05) is 60.9 Å². The summed E-state index contributed by atoms with van der Waals surface area (Å²) in [6, 6.07) is 24.2. The van der Waals surface area contributed by atoms with Crippen molar-refractivity contribution in [3.8, 4) is 0 Å². The van der Waals surface area contributed by atoms with E-state index in [-0.39, 0.29) is 35.6 Å². The molecule has 0 spiro atoms. The van der Waals surface area contributed by atoms with Crippen molar-refractivity contribution in [2.45, 2.75) is 0 Å². The number of nitrogens with zero attached hydrogens (tertiary/aromatic N) is 4. The summed E-state index contributed by atoms with van der Waals surface area (Å²) in [5, 5.41) is 31.9. The second-order valence-electron chi connectivity index (χ2n) is 4.84. The Labute approximate surface area is 248 Å². The van der Waals surface area contributed by atoms with Crippen molar-refractivity contribution >= 4 is 40.6 Å². The average Bonchev–Trinajstić information content (AvgIpc) is 2.82. The molecule has 0 atom stereocenters. The predicted octanol–water partition coefficient (Wildman–Crippen LogP) is 6.58. The van der Waals surface area contributed by atoms with E-state index in [9.17, 15) is 0 Å². The van der Waals surface area contributed by atoms with Gasteiger partial charge in [-0.1, -0.05) is 48.5 Å². The Morgan fingerprint density at radius 1 is 0.526 bits per heavy atom. The van der Waals surface area contributed by atoms with Crippen LogP contribution in [0.25, 0.3) is 46.4 Å². The van der Waals surface area contributed by atoms with Crippen LogP contribution in [0.15, 0.2) is 85.2 Å². The van der Waals surface area contributed by atoms with Crippen molar-refractivity contribution in [3.05, 3.63) is 140 Å². The third-order valence-electron chi connectivity index (χ3n) is 3.02. The molecule has 4 aromatic rings. The molecule has 38 heavy (non-hydrogen) atoms. The predicted molar refractivity (Wildman–Crippen MR) is 144 cm³/mol. The largest absolute Gasteiger partial charge is 0.693 e. The molecular weight excluding hydrogens is 917 g/mol. The molecule has 0 saturated carbocycles. The number of hydrogen-bond acceptors (Lipinski definition) is 8. The van der Waals surface area contributed by atoms with Crippen molar-refractivity contribution in [2.75, 3.05) is 0 Å². The number of benzene rings is 2. The van der Waals surface area contributed by atoms with Gasteiger partial charge in [0.1, 0.15) is 0 Å². The summed E-state index contributed by atoms with van der Waals surface area (Å²) in [5.74, 6) is 0. The number of aromatic nitrogens is 2. The van der Waals surface area contributed by atoms with Crippen molar-refractivity contribution in [3.63, 3.8) is 0 Å². The van der Waals surface area contributed by atoms with Gasteiger partial charge in [-0.05, 0) is 24.3 Å². The van der Waals surface area contributed by atoms with Gasteiger partial charge in [0.15, 0.2) is 0 Å². The molecule has 0 aliphatic carbocycles. The molecule has 226 valence electrons. The zero-order valence-electron chi connectivity index (χ0n) is 19.0. The number of pyridine rings is 2. The van der Waals surface area contributed by atoms with Crippen LogP contribution < -0.4 is 0 Å². The number of halogens is 2. The van der Waals surface area contributed by atoms with Gasteiger partial charge in [0.25, 0.3) is 0 Å². The minimum atomic E-state index is -1.75. The molecule has 2 aromatic heterocycles. The Balaban J connectivity index is -0.0000000509. The van der Waals surface area contributed by atoms with Gasteiger partial charge in [-0.2, -0.15) is 0 Å². The summed E-state index contributed by atoms with van der Waals surface area (Å²) in [4.78, 5) is 24.9. The molecule has 0 unspecified atom stereocenters. The fourth-order valence-electron chi connectivity index (χ4n) is 2.03. The first kappa shape index (κ1) is 55.8. The zero-order valence-corrected chi connectivity index (χ0v) is 25.1. The summed E-state index contributed by atoms with van der Waals surface area (Å²) in [6.07, 6.45) is 3.62. The van der Waals surface area contributed by atoms with E-state index in [1.165, 1.54) is 10.8 Å². The molecule has 0 saturated heterocycles. The van der Waals surface area contributed by atoms with Crippen molar-refractivity contribution in [2.24, 2.45) is 0 Å². The van der Waals surface area contributed by atoms with E-state index in [2.05, 4.69) is 53.1 Å². The maximum absolute atomic E-state index is 8.25. The van der Waals surface area contributed by atoms with E-state index < -0.39 is 10.2 Å². The van der Waals surface area contributed by atoms with Gasteiger partial charge in [-0.3, -0.25) is 9.97 Å². The number of fused-ring (bicyclic) bond motifs is 2. The molecule has 0 fully saturated rings. The second-order valence-corrected chi connectivity index (χ2v) is 4.84. The van der Waals surface area contributed by atoms with E-state index in [4.69, 9.17) is 30.6 Å². The maximum atomic E-state index is 8.25.